The summed E-state index contributed by atoms with van der Waals surface area (Å²) in [6.07, 6.45) is 13.7. The van der Waals surface area contributed by atoms with Crippen LogP contribution in [-0.4, -0.2) is 37.2 Å². The Morgan fingerprint density at radius 3 is 1.10 bits per heavy atom. The van der Waals surface area contributed by atoms with Crippen LogP contribution in [0.2, 0.25) is 0 Å². The number of ether oxygens (including phenoxy) is 2. The average molecular weight is 915 g/mol. The van der Waals surface area contributed by atoms with Gasteiger partial charge in [0.15, 0.2) is 0 Å². The quantitative estimate of drug-likeness (QED) is 0.0705. The van der Waals surface area contributed by atoms with Gasteiger partial charge in [0.2, 0.25) is 0 Å². The van der Waals surface area contributed by atoms with E-state index in [1.54, 1.807) is 0 Å². The number of benzene rings is 4. The first kappa shape index (κ1) is 45.0. The van der Waals surface area contributed by atoms with Crippen molar-refractivity contribution in [1.29, 1.82) is 10.5 Å². The molecule has 0 N–H and O–H groups in total. The number of rotatable bonds is 22. The summed E-state index contributed by atoms with van der Waals surface area (Å²) in [5.41, 5.74) is 5.80. The largest absolute Gasteiger partial charge is 0.494 e. The van der Waals surface area contributed by atoms with E-state index < -0.39 is 0 Å². The van der Waals surface area contributed by atoms with Crippen LogP contribution in [-0.2, 0) is 0 Å². The monoisotopic (exact) mass is 914 g/mol. The van der Waals surface area contributed by atoms with Gasteiger partial charge in [-0.2, -0.15) is 10.5 Å². The van der Waals surface area contributed by atoms with E-state index in [9.17, 15) is 0 Å². The lowest BCUT2D eigenvalue weighted by Gasteiger charge is -2.08. The van der Waals surface area contributed by atoms with Gasteiger partial charge in [-0.15, -0.1) is 47.0 Å². The van der Waals surface area contributed by atoms with Crippen molar-refractivity contribution in [2.75, 3.05) is 37.2 Å². The van der Waals surface area contributed by atoms with Crippen molar-refractivity contribution in [1.82, 2.24) is 0 Å². The normalized spacial score (nSPS) is 13.9. The van der Waals surface area contributed by atoms with Gasteiger partial charge in [-0.25, -0.2) is 0 Å². The van der Waals surface area contributed by atoms with Crippen LogP contribution in [0.4, 0.5) is 0 Å². The molecule has 4 nitrogen and oxygen atoms in total. The first-order chi connectivity index (χ1) is 28.6. The molecule has 0 unspecified atom stereocenters. The summed E-state index contributed by atoms with van der Waals surface area (Å²) in [5.74, 6) is 4.11. The van der Waals surface area contributed by atoms with Crippen LogP contribution in [0.15, 0.2) is 122 Å². The number of nitrogens with zero attached hydrogens (tertiary/aromatic N) is 2. The van der Waals surface area contributed by atoms with Crippen molar-refractivity contribution in [2.45, 2.75) is 51.4 Å². The van der Waals surface area contributed by atoms with Crippen LogP contribution in [0.3, 0.4) is 0 Å². The Balaban J connectivity index is 0.879. The number of nitriles is 2. The predicted octanol–water partition coefficient (Wildman–Crippen LogP) is 15.9. The molecule has 0 saturated carbocycles. The summed E-state index contributed by atoms with van der Waals surface area (Å²) in [7, 11) is 0. The van der Waals surface area contributed by atoms with Crippen molar-refractivity contribution < 1.29 is 9.47 Å². The second-order valence-corrected chi connectivity index (χ2v) is 22.7. The molecule has 58 heavy (non-hydrogen) atoms. The van der Waals surface area contributed by atoms with E-state index in [0.717, 1.165) is 71.3 Å². The summed E-state index contributed by atoms with van der Waals surface area (Å²) in [4.78, 5) is 0. The third-order valence-electron chi connectivity index (χ3n) is 9.10. The molecule has 0 aromatic heterocycles. The van der Waals surface area contributed by atoms with Crippen molar-refractivity contribution in [3.05, 3.63) is 134 Å². The highest BCUT2D eigenvalue weighted by Gasteiger charge is 2.30. The zero-order valence-corrected chi connectivity index (χ0v) is 39.2. The lowest BCUT2D eigenvalue weighted by atomic mass is 10.0. The Morgan fingerprint density at radius 1 is 0.431 bits per heavy atom. The summed E-state index contributed by atoms with van der Waals surface area (Å²) < 4.78 is 20.9. The van der Waals surface area contributed by atoms with Crippen LogP contribution in [0.1, 0.15) is 62.5 Å². The van der Waals surface area contributed by atoms with E-state index in [4.69, 9.17) is 20.0 Å². The van der Waals surface area contributed by atoms with Gasteiger partial charge in [-0.3, -0.25) is 0 Å². The van der Waals surface area contributed by atoms with E-state index in [2.05, 4.69) is 72.4 Å². The Morgan fingerprint density at radius 2 is 0.759 bits per heavy atom. The second-order valence-electron chi connectivity index (χ2n) is 13.2. The molecule has 2 heterocycles. The average Bonchev–Trinajstić information content (AvgIpc) is 3.90. The van der Waals surface area contributed by atoms with Gasteiger partial charge >= 0.3 is 0 Å². The van der Waals surface area contributed by atoms with Crippen LogP contribution < -0.4 is 9.47 Å². The summed E-state index contributed by atoms with van der Waals surface area (Å²) in [6.45, 7) is 1.47. The maximum Gasteiger partial charge on any atom is 0.119 e. The Bertz CT molecular complexity index is 1970. The molecule has 2 aliphatic rings. The Kier molecular flexibility index (Phi) is 19.1. The molecular weight excluding hydrogens is 869 g/mol. The molecule has 300 valence electrons. The molecule has 4 aromatic carbocycles. The van der Waals surface area contributed by atoms with E-state index in [1.807, 2.05) is 143 Å². The lowest BCUT2D eigenvalue weighted by molar-refractivity contribution is 0.305. The predicted molar refractivity (Wildman–Crippen MR) is 264 cm³/mol. The molecule has 0 radical (unpaired) electrons. The summed E-state index contributed by atoms with van der Waals surface area (Å²) >= 11 is 15.8. The van der Waals surface area contributed by atoms with Crippen molar-refractivity contribution >= 4 is 94.1 Å². The maximum absolute atomic E-state index is 9.05. The molecular formula is C46H46N2O2S8. The van der Waals surface area contributed by atoms with Gasteiger partial charge in [0.25, 0.3) is 0 Å². The lowest BCUT2D eigenvalue weighted by Crippen LogP contribution is -1.97. The molecule has 6 rings (SSSR count). The van der Waals surface area contributed by atoms with E-state index in [1.165, 1.54) is 63.9 Å². The molecule has 12 heteroatoms. The fourth-order valence-electron chi connectivity index (χ4n) is 5.93. The van der Waals surface area contributed by atoms with Crippen LogP contribution >= 0.6 is 94.1 Å². The molecule has 0 aliphatic carbocycles. The highest BCUT2D eigenvalue weighted by molar-refractivity contribution is 8.45. The topological polar surface area (TPSA) is 66.0 Å². The summed E-state index contributed by atoms with van der Waals surface area (Å²) in [5, 5.41) is 18.1. The van der Waals surface area contributed by atoms with Gasteiger partial charge in [-0.1, -0.05) is 121 Å². The van der Waals surface area contributed by atoms with Crippen molar-refractivity contribution in [2.24, 2.45) is 0 Å². The van der Waals surface area contributed by atoms with Crippen molar-refractivity contribution in [3.63, 3.8) is 0 Å². The summed E-state index contributed by atoms with van der Waals surface area (Å²) in [6, 6.07) is 36.2. The van der Waals surface area contributed by atoms with Gasteiger partial charge in [0.05, 0.1) is 61.9 Å². The fraction of sp³-hybridized carbons (Fsp3) is 0.304. The molecule has 0 amide bonds. The van der Waals surface area contributed by atoms with Gasteiger partial charge in [0.1, 0.15) is 11.5 Å². The third-order valence-corrected chi connectivity index (χ3v) is 20.5. The third kappa shape index (κ3) is 13.8. The number of unbranched alkanes of at least 4 members (excludes halogenated alkanes) is 6. The first-order valence-corrected chi connectivity index (χ1v) is 27.0. The number of hydrogen-bond acceptors (Lipinski definition) is 12. The highest BCUT2D eigenvalue weighted by atomic mass is 32.3. The Labute approximate surface area is 379 Å². The maximum atomic E-state index is 9.05. The van der Waals surface area contributed by atoms with Crippen LogP contribution in [0.25, 0.3) is 22.3 Å². The fourth-order valence-corrected chi connectivity index (χ4v) is 17.2. The molecule has 0 fully saturated rings. The smallest absolute Gasteiger partial charge is 0.119 e. The minimum absolute atomic E-state index is 0.676. The van der Waals surface area contributed by atoms with Crippen LogP contribution in [0, 0.1) is 22.7 Å². The number of thioether (sulfide) groups is 8. The molecule has 0 spiro atoms. The van der Waals surface area contributed by atoms with Gasteiger partial charge in [0, 0.05) is 0 Å². The van der Waals surface area contributed by atoms with E-state index in [-0.39, 0.29) is 0 Å². The Hall–Kier alpha value is -2.52. The van der Waals surface area contributed by atoms with Gasteiger partial charge in [-0.05, 0) is 120 Å². The zero-order valence-electron chi connectivity index (χ0n) is 32.7. The zero-order chi connectivity index (χ0) is 40.4. The molecule has 0 bridgehead atoms. The minimum Gasteiger partial charge on any atom is -0.494 e. The molecule has 2 aliphatic heterocycles. The SMILES string of the molecule is CSC1=C(SC)SC(=C2SC(SCCCCCCOc3ccc(-c4ccc(C#N)cc4)cc3)=C(SCCCCCCOc3ccc(-c4ccc(C#N)cc4)cc3)S2)S1. The highest BCUT2D eigenvalue weighted by Crippen LogP contribution is 2.65. The molecule has 0 atom stereocenters. The van der Waals surface area contributed by atoms with Crippen LogP contribution in [0.5, 0.6) is 11.5 Å². The molecule has 4 aromatic rings. The second kappa shape index (κ2) is 24.7. The first-order valence-electron chi connectivity index (χ1n) is 19.3. The van der Waals surface area contributed by atoms with Crippen molar-refractivity contribution in [3.8, 4) is 45.9 Å². The van der Waals surface area contributed by atoms with E-state index >= 15 is 0 Å². The van der Waals surface area contributed by atoms with Gasteiger partial charge < -0.3 is 9.47 Å². The minimum atomic E-state index is 0.676. The number of hydrogen-bond donors (Lipinski definition) is 0. The van der Waals surface area contributed by atoms with E-state index in [0.29, 0.717) is 11.1 Å². The standard InChI is InChI=1S/C46H46N2O2S8/c1-51-41-42(52-2)56-45(55-41)46-57-43(53-29-9-5-3-7-27-49-39-23-19-37(20-24-39)35-15-11-33(31-47)12-16-35)44(58-46)54-30-10-6-4-8-28-50-40-25-21-38(22-26-40)36-17-13-34(32-48)14-18-36/h11-26H,3-10,27-30H2,1-2H3. The molecule has 0 saturated heterocycles.